The molecular formula is C29H28F4N4O. The highest BCUT2D eigenvalue weighted by Gasteiger charge is 2.31. The fraction of sp³-hybridized carbons (Fsp3) is 0.379. The number of nitrogens with zero attached hydrogens (tertiary/aromatic N) is 4. The van der Waals surface area contributed by atoms with Crippen molar-refractivity contribution in [2.75, 3.05) is 0 Å². The van der Waals surface area contributed by atoms with E-state index in [1.165, 1.54) is 29.0 Å². The van der Waals surface area contributed by atoms with E-state index in [9.17, 15) is 22.4 Å². The minimum atomic E-state index is -4.40. The topological polar surface area (TPSA) is 60.7 Å². The second kappa shape index (κ2) is 10.3. The summed E-state index contributed by atoms with van der Waals surface area (Å²) in [5.41, 5.74) is 3.55. The van der Waals surface area contributed by atoms with Gasteiger partial charge in [0, 0.05) is 18.0 Å². The van der Waals surface area contributed by atoms with Crippen LogP contribution in [0.15, 0.2) is 53.6 Å². The van der Waals surface area contributed by atoms with Gasteiger partial charge in [0.1, 0.15) is 11.3 Å². The van der Waals surface area contributed by atoms with Gasteiger partial charge in [-0.05, 0) is 86.3 Å². The third-order valence-electron chi connectivity index (χ3n) is 7.47. The summed E-state index contributed by atoms with van der Waals surface area (Å²) < 4.78 is 55.6. The molecule has 0 unspecified atom stereocenters. The Hall–Kier alpha value is -3.62. The number of pyridine rings is 2. The first-order chi connectivity index (χ1) is 18.1. The van der Waals surface area contributed by atoms with Gasteiger partial charge in [0.15, 0.2) is 5.65 Å². The molecule has 38 heavy (non-hydrogen) atoms. The lowest BCUT2D eigenvalue weighted by molar-refractivity contribution is -0.127. The summed E-state index contributed by atoms with van der Waals surface area (Å²) in [6.07, 6.45) is 0.358. The second-order valence-corrected chi connectivity index (χ2v) is 10.1. The Labute approximate surface area is 217 Å². The average Bonchev–Trinajstić information content (AvgIpc) is 2.86. The molecule has 3 heterocycles. The summed E-state index contributed by atoms with van der Waals surface area (Å²) in [6.45, 7) is 3.52. The van der Waals surface area contributed by atoms with E-state index >= 15 is 0 Å². The Bertz CT molecular complexity index is 1520. The summed E-state index contributed by atoms with van der Waals surface area (Å²) >= 11 is 0. The predicted molar refractivity (Wildman–Crippen MR) is 137 cm³/mol. The van der Waals surface area contributed by atoms with Crippen molar-refractivity contribution in [2.45, 2.75) is 70.5 Å². The minimum Gasteiger partial charge on any atom is -0.285 e. The van der Waals surface area contributed by atoms with Crippen molar-refractivity contribution < 1.29 is 17.6 Å². The van der Waals surface area contributed by atoms with Gasteiger partial charge in [-0.1, -0.05) is 18.2 Å². The van der Waals surface area contributed by atoms with Crippen LogP contribution in [-0.4, -0.2) is 25.7 Å². The molecule has 0 radical (unpaired) electrons. The largest absolute Gasteiger partial charge is 0.393 e. The maximum absolute atomic E-state index is 14.6. The monoisotopic (exact) mass is 524 g/mol. The molecule has 5 nitrogen and oxygen atoms in total. The molecule has 9 heteroatoms. The highest BCUT2D eigenvalue weighted by molar-refractivity contribution is 5.71. The Kier molecular flexibility index (Phi) is 7.03. The number of aryl methyl sites for hydroxylation is 2. The maximum atomic E-state index is 14.6. The molecule has 0 N–H and O–H groups in total. The molecule has 1 aliphatic carbocycles. The standard InChI is InChI=1S/C29H28F4N4O/c1-17-5-3-7-23(30)26(17)20-10-8-19(9-11-20)22-13-24-27(36-18(2)15-35-24)37(28(22)38)16-25-21(6-4-12-34-25)14-29(31,32)33/h3-7,12-13,15,19-20H,8-11,14,16H2,1-2H3. The van der Waals surface area contributed by atoms with E-state index in [1.54, 1.807) is 25.3 Å². The third-order valence-corrected chi connectivity index (χ3v) is 7.47. The van der Waals surface area contributed by atoms with Crippen molar-refractivity contribution >= 4 is 11.2 Å². The van der Waals surface area contributed by atoms with Crippen LogP contribution in [0.4, 0.5) is 17.6 Å². The molecule has 1 aromatic carbocycles. The lowest BCUT2D eigenvalue weighted by atomic mass is 9.75. The van der Waals surface area contributed by atoms with Gasteiger partial charge in [0.25, 0.3) is 5.56 Å². The van der Waals surface area contributed by atoms with E-state index in [-0.39, 0.29) is 41.0 Å². The maximum Gasteiger partial charge on any atom is 0.393 e. The third kappa shape index (κ3) is 5.33. The van der Waals surface area contributed by atoms with E-state index in [0.29, 0.717) is 35.3 Å². The van der Waals surface area contributed by atoms with E-state index in [4.69, 9.17) is 0 Å². The van der Waals surface area contributed by atoms with Crippen LogP contribution < -0.4 is 5.56 Å². The quantitative estimate of drug-likeness (QED) is 0.278. The van der Waals surface area contributed by atoms with Gasteiger partial charge in [-0.15, -0.1) is 0 Å². The van der Waals surface area contributed by atoms with Crippen LogP contribution in [0.5, 0.6) is 0 Å². The Morgan fingerprint density at radius 2 is 1.74 bits per heavy atom. The molecule has 0 spiro atoms. The van der Waals surface area contributed by atoms with Crippen LogP contribution in [0, 0.1) is 19.7 Å². The molecule has 0 bridgehead atoms. The molecule has 0 saturated heterocycles. The number of halogens is 4. The van der Waals surface area contributed by atoms with Gasteiger partial charge in [0.2, 0.25) is 0 Å². The van der Waals surface area contributed by atoms with Crippen molar-refractivity contribution in [3.8, 4) is 0 Å². The van der Waals surface area contributed by atoms with Crippen LogP contribution in [0.1, 0.15) is 71.2 Å². The van der Waals surface area contributed by atoms with E-state index < -0.39 is 12.6 Å². The van der Waals surface area contributed by atoms with Gasteiger partial charge in [-0.2, -0.15) is 13.2 Å². The van der Waals surface area contributed by atoms with Crippen molar-refractivity contribution in [3.63, 3.8) is 0 Å². The second-order valence-electron chi connectivity index (χ2n) is 10.1. The highest BCUT2D eigenvalue weighted by atomic mass is 19.4. The summed E-state index contributed by atoms with van der Waals surface area (Å²) in [4.78, 5) is 27.0. The van der Waals surface area contributed by atoms with Crippen LogP contribution in [0.3, 0.4) is 0 Å². The number of hydrogen-bond donors (Lipinski definition) is 0. The minimum absolute atomic E-state index is 0.0202. The number of alkyl halides is 3. The number of fused-ring (bicyclic) bond motifs is 1. The average molecular weight is 525 g/mol. The molecule has 1 saturated carbocycles. The van der Waals surface area contributed by atoms with Crippen LogP contribution in [0.2, 0.25) is 0 Å². The summed E-state index contributed by atoms with van der Waals surface area (Å²) in [5.74, 6) is -0.184. The Morgan fingerprint density at radius 1 is 1.00 bits per heavy atom. The highest BCUT2D eigenvalue weighted by Crippen LogP contribution is 2.41. The Balaban J connectivity index is 1.51. The first-order valence-corrected chi connectivity index (χ1v) is 12.7. The van der Waals surface area contributed by atoms with E-state index in [0.717, 1.165) is 24.0 Å². The van der Waals surface area contributed by atoms with Crippen molar-refractivity contribution in [1.82, 2.24) is 19.5 Å². The van der Waals surface area contributed by atoms with E-state index in [2.05, 4.69) is 15.0 Å². The van der Waals surface area contributed by atoms with Crippen LogP contribution in [-0.2, 0) is 13.0 Å². The van der Waals surface area contributed by atoms with Crippen LogP contribution >= 0.6 is 0 Å². The summed E-state index contributed by atoms with van der Waals surface area (Å²) in [7, 11) is 0. The van der Waals surface area contributed by atoms with Crippen LogP contribution in [0.25, 0.3) is 11.2 Å². The molecule has 5 rings (SSSR count). The predicted octanol–water partition coefficient (Wildman–Crippen LogP) is 6.54. The van der Waals surface area contributed by atoms with Crippen molar-refractivity contribution in [2.24, 2.45) is 0 Å². The van der Waals surface area contributed by atoms with Crippen molar-refractivity contribution in [1.29, 1.82) is 0 Å². The van der Waals surface area contributed by atoms with Gasteiger partial charge >= 0.3 is 6.18 Å². The number of aromatic nitrogens is 4. The first kappa shape index (κ1) is 26.0. The molecule has 3 aromatic heterocycles. The zero-order valence-corrected chi connectivity index (χ0v) is 21.2. The number of benzene rings is 1. The molecule has 0 amide bonds. The van der Waals surface area contributed by atoms with Gasteiger partial charge < -0.3 is 0 Å². The molecule has 1 aliphatic rings. The van der Waals surface area contributed by atoms with E-state index in [1.807, 2.05) is 13.0 Å². The number of rotatable bonds is 5. The van der Waals surface area contributed by atoms with Gasteiger partial charge in [0.05, 0.1) is 24.4 Å². The zero-order valence-electron chi connectivity index (χ0n) is 21.2. The molecule has 4 aromatic rings. The number of hydrogen-bond acceptors (Lipinski definition) is 4. The molecule has 0 aliphatic heterocycles. The lowest BCUT2D eigenvalue weighted by Crippen LogP contribution is -2.29. The summed E-state index contributed by atoms with van der Waals surface area (Å²) in [6, 6.07) is 9.72. The molecular weight excluding hydrogens is 496 g/mol. The Morgan fingerprint density at radius 3 is 2.45 bits per heavy atom. The molecule has 198 valence electrons. The normalized spacial score (nSPS) is 18.2. The summed E-state index contributed by atoms with van der Waals surface area (Å²) in [5, 5.41) is 0. The lowest BCUT2D eigenvalue weighted by Gasteiger charge is -2.30. The zero-order chi connectivity index (χ0) is 27.0. The molecule has 0 atom stereocenters. The fourth-order valence-electron chi connectivity index (χ4n) is 5.67. The first-order valence-electron chi connectivity index (χ1n) is 12.7. The fourth-order valence-corrected chi connectivity index (χ4v) is 5.67. The smallest absolute Gasteiger partial charge is 0.285 e. The molecule has 1 fully saturated rings. The van der Waals surface area contributed by atoms with Gasteiger partial charge in [-0.3, -0.25) is 19.3 Å². The SMILES string of the molecule is Cc1cnc2cc(C3CCC(c4c(C)cccc4F)CC3)c(=O)n(Cc3ncccc3CC(F)(F)F)c2n1. The van der Waals surface area contributed by atoms with Gasteiger partial charge in [-0.25, -0.2) is 9.37 Å². The van der Waals surface area contributed by atoms with Crippen molar-refractivity contribution in [3.05, 3.63) is 98.6 Å².